The Hall–Kier alpha value is -3.11. The molecule has 0 saturated heterocycles. The quantitative estimate of drug-likeness (QED) is 0.483. The minimum absolute atomic E-state index is 0.170. The molecule has 1 aliphatic rings. The molecule has 0 bridgehead atoms. The van der Waals surface area contributed by atoms with Crippen LogP contribution in [0.15, 0.2) is 108 Å². The maximum Gasteiger partial charge on any atom is 0.264 e. The summed E-state index contributed by atoms with van der Waals surface area (Å²) in [6, 6.07) is 27.0. The van der Waals surface area contributed by atoms with Crippen molar-refractivity contribution in [3.05, 3.63) is 120 Å². The molecule has 1 heterocycles. The lowest BCUT2D eigenvalue weighted by molar-refractivity contribution is 0.393. The van der Waals surface area contributed by atoms with Gasteiger partial charge in [-0.05, 0) is 55.5 Å². The third kappa shape index (κ3) is 4.80. The largest absolute Gasteiger partial charge is 0.264 e. The van der Waals surface area contributed by atoms with Crippen molar-refractivity contribution in [2.24, 2.45) is 0 Å². The lowest BCUT2D eigenvalue weighted by Gasteiger charge is -2.34. The number of rotatable bonds is 6. The van der Waals surface area contributed by atoms with Gasteiger partial charge in [-0.25, -0.2) is 8.42 Å². The molecule has 0 fully saturated rings. The molecule has 1 atom stereocenters. The zero-order valence-corrected chi connectivity index (χ0v) is 18.5. The van der Waals surface area contributed by atoms with Crippen LogP contribution in [-0.2, 0) is 16.4 Å². The smallest absolute Gasteiger partial charge is 0.262 e. The first-order chi connectivity index (χ1) is 15.1. The van der Waals surface area contributed by atoms with Crippen molar-refractivity contribution in [3.8, 4) is 0 Å². The van der Waals surface area contributed by atoms with Gasteiger partial charge >= 0.3 is 0 Å². The van der Waals surface area contributed by atoms with E-state index in [9.17, 15) is 8.42 Å². The molecule has 4 heteroatoms. The third-order valence-electron chi connectivity index (χ3n) is 5.62. The summed E-state index contributed by atoms with van der Waals surface area (Å²) >= 11 is 0. The van der Waals surface area contributed by atoms with Gasteiger partial charge in [0, 0.05) is 6.04 Å². The Morgan fingerprint density at radius 2 is 1.52 bits per heavy atom. The van der Waals surface area contributed by atoms with Crippen LogP contribution in [0.2, 0.25) is 0 Å². The maximum absolute atomic E-state index is 13.9. The average Bonchev–Trinajstić information content (AvgIpc) is 3.02. The summed E-state index contributed by atoms with van der Waals surface area (Å²) in [6.45, 7) is 1.96. The first-order valence-electron chi connectivity index (χ1n) is 10.6. The van der Waals surface area contributed by atoms with Crippen molar-refractivity contribution < 1.29 is 8.42 Å². The SMILES string of the molecule is Cc1ccc(S(=O)(=O)N2C(c3ccccc3)=CC=CCC2CCc2ccccc2)cc1. The van der Waals surface area contributed by atoms with Crippen LogP contribution in [-0.4, -0.2) is 18.8 Å². The number of nitrogens with zero attached hydrogens (tertiary/aromatic N) is 1. The molecular weight excluding hydrogens is 402 g/mol. The van der Waals surface area contributed by atoms with Gasteiger partial charge in [-0.2, -0.15) is 0 Å². The van der Waals surface area contributed by atoms with Crippen LogP contribution < -0.4 is 0 Å². The van der Waals surface area contributed by atoms with Gasteiger partial charge in [0.05, 0.1) is 10.6 Å². The molecule has 0 amide bonds. The van der Waals surface area contributed by atoms with Gasteiger partial charge in [-0.15, -0.1) is 0 Å². The summed E-state index contributed by atoms with van der Waals surface area (Å²) in [5, 5.41) is 0. The number of hydrogen-bond donors (Lipinski definition) is 0. The highest BCUT2D eigenvalue weighted by Gasteiger charge is 2.33. The summed E-state index contributed by atoms with van der Waals surface area (Å²) < 4.78 is 29.5. The van der Waals surface area contributed by atoms with Crippen molar-refractivity contribution >= 4 is 15.7 Å². The van der Waals surface area contributed by atoms with Gasteiger partial charge in [-0.3, -0.25) is 4.31 Å². The Labute approximate surface area is 185 Å². The summed E-state index contributed by atoms with van der Waals surface area (Å²) in [6.07, 6.45) is 8.20. The first-order valence-corrected chi connectivity index (χ1v) is 12.1. The molecule has 3 nitrogen and oxygen atoms in total. The normalized spacial score (nSPS) is 16.6. The fraction of sp³-hybridized carbons (Fsp3) is 0.185. The maximum atomic E-state index is 13.9. The fourth-order valence-electron chi connectivity index (χ4n) is 3.96. The van der Waals surface area contributed by atoms with E-state index in [2.05, 4.69) is 18.2 Å². The lowest BCUT2D eigenvalue weighted by atomic mass is 10.0. The molecule has 1 unspecified atom stereocenters. The molecule has 0 aliphatic carbocycles. The molecular formula is C27H27NO2S. The highest BCUT2D eigenvalue weighted by Crippen LogP contribution is 2.34. The van der Waals surface area contributed by atoms with Crippen molar-refractivity contribution in [2.45, 2.75) is 37.1 Å². The molecule has 0 N–H and O–H groups in total. The van der Waals surface area contributed by atoms with Crippen LogP contribution in [0, 0.1) is 6.92 Å². The summed E-state index contributed by atoms with van der Waals surface area (Å²) in [5.74, 6) is 0. The van der Waals surface area contributed by atoms with Gasteiger partial charge in [-0.1, -0.05) is 90.5 Å². The predicted molar refractivity (Wildman–Crippen MR) is 127 cm³/mol. The second kappa shape index (κ2) is 9.36. The van der Waals surface area contributed by atoms with E-state index >= 15 is 0 Å². The van der Waals surface area contributed by atoms with Crippen molar-refractivity contribution in [1.82, 2.24) is 4.31 Å². The van der Waals surface area contributed by atoms with Crippen molar-refractivity contribution in [3.63, 3.8) is 0 Å². The van der Waals surface area contributed by atoms with Crippen LogP contribution >= 0.6 is 0 Å². The fourth-order valence-corrected chi connectivity index (χ4v) is 5.67. The van der Waals surface area contributed by atoms with Crippen LogP contribution in [0.5, 0.6) is 0 Å². The molecule has 158 valence electrons. The zero-order valence-electron chi connectivity index (χ0n) is 17.7. The number of benzene rings is 3. The molecule has 3 aromatic rings. The van der Waals surface area contributed by atoms with Gasteiger partial charge in [0.1, 0.15) is 0 Å². The van der Waals surface area contributed by atoms with Crippen LogP contribution in [0.4, 0.5) is 0 Å². The molecule has 1 aliphatic heterocycles. The molecule has 31 heavy (non-hydrogen) atoms. The summed E-state index contributed by atoms with van der Waals surface area (Å²) in [4.78, 5) is 0.326. The topological polar surface area (TPSA) is 37.4 Å². The number of sulfonamides is 1. The van der Waals surface area contributed by atoms with E-state index in [0.717, 1.165) is 24.0 Å². The first kappa shape index (κ1) is 21.1. The number of hydrogen-bond acceptors (Lipinski definition) is 2. The lowest BCUT2D eigenvalue weighted by Crippen LogP contribution is -2.38. The predicted octanol–water partition coefficient (Wildman–Crippen LogP) is 5.99. The average molecular weight is 430 g/mol. The van der Waals surface area contributed by atoms with E-state index in [1.807, 2.05) is 79.7 Å². The third-order valence-corrected chi connectivity index (χ3v) is 7.50. The molecule has 0 radical (unpaired) electrons. The second-order valence-electron chi connectivity index (χ2n) is 7.87. The minimum atomic E-state index is -3.73. The Morgan fingerprint density at radius 1 is 0.871 bits per heavy atom. The summed E-state index contributed by atoms with van der Waals surface area (Å²) in [5.41, 5.74) is 3.87. The second-order valence-corrected chi connectivity index (χ2v) is 9.69. The Bertz CT molecular complexity index is 1160. The van der Waals surface area contributed by atoms with Gasteiger partial charge < -0.3 is 0 Å². The van der Waals surface area contributed by atoms with Crippen LogP contribution in [0.1, 0.15) is 29.5 Å². The molecule has 0 aromatic heterocycles. The van der Waals surface area contributed by atoms with E-state index in [1.165, 1.54) is 5.56 Å². The Morgan fingerprint density at radius 3 is 2.19 bits per heavy atom. The van der Waals surface area contributed by atoms with Crippen LogP contribution in [0.3, 0.4) is 0 Å². The van der Waals surface area contributed by atoms with E-state index in [4.69, 9.17) is 0 Å². The monoisotopic (exact) mass is 429 g/mol. The van der Waals surface area contributed by atoms with Gasteiger partial charge in [0.15, 0.2) is 0 Å². The highest BCUT2D eigenvalue weighted by atomic mass is 32.2. The minimum Gasteiger partial charge on any atom is -0.262 e. The van der Waals surface area contributed by atoms with Crippen LogP contribution in [0.25, 0.3) is 5.70 Å². The van der Waals surface area contributed by atoms with E-state index in [-0.39, 0.29) is 6.04 Å². The van der Waals surface area contributed by atoms with E-state index < -0.39 is 10.0 Å². The van der Waals surface area contributed by atoms with E-state index in [1.54, 1.807) is 16.4 Å². The Kier molecular flexibility index (Phi) is 6.38. The standard InChI is InChI=1S/C27H27NO2S/c1-22-16-20-26(21-17-22)31(29,30)28-25(19-18-23-10-4-2-5-11-23)14-8-9-15-27(28)24-12-6-3-7-13-24/h2-13,15-17,20-21,25H,14,18-19H2,1H3. The zero-order chi connectivity index (χ0) is 21.7. The summed E-state index contributed by atoms with van der Waals surface area (Å²) in [7, 11) is -3.73. The van der Waals surface area contributed by atoms with Gasteiger partial charge in [0.2, 0.25) is 0 Å². The van der Waals surface area contributed by atoms with Crippen molar-refractivity contribution in [1.29, 1.82) is 0 Å². The highest BCUT2D eigenvalue weighted by molar-refractivity contribution is 7.89. The van der Waals surface area contributed by atoms with Crippen molar-refractivity contribution in [2.75, 3.05) is 0 Å². The van der Waals surface area contributed by atoms with E-state index in [0.29, 0.717) is 17.0 Å². The molecule has 0 spiro atoms. The molecule has 3 aromatic carbocycles. The molecule has 0 saturated carbocycles. The number of allylic oxidation sites excluding steroid dienone is 2. The molecule has 4 rings (SSSR count). The number of aryl methyl sites for hydroxylation is 2. The Balaban J connectivity index is 1.76. The van der Waals surface area contributed by atoms with Gasteiger partial charge in [0.25, 0.3) is 10.0 Å².